The van der Waals surface area contributed by atoms with Gasteiger partial charge >= 0.3 is 5.97 Å². The van der Waals surface area contributed by atoms with Crippen molar-refractivity contribution < 1.29 is 14.3 Å². The molecule has 3 rings (SSSR count). The Morgan fingerprint density at radius 3 is 2.63 bits per heavy atom. The fraction of sp³-hybridized carbons (Fsp3) is 0.619. The molecule has 0 aliphatic carbocycles. The molecule has 2 aliphatic rings. The van der Waals surface area contributed by atoms with Crippen molar-refractivity contribution in [3.8, 4) is 0 Å². The third-order valence-electron chi connectivity index (χ3n) is 6.16. The molecule has 9 heteroatoms. The first-order valence-electron chi connectivity index (χ1n) is 9.97. The van der Waals surface area contributed by atoms with Crippen LogP contribution in [0.2, 0.25) is 10.0 Å². The van der Waals surface area contributed by atoms with Crippen LogP contribution in [0.15, 0.2) is 23.2 Å². The highest BCUT2D eigenvalue weighted by Crippen LogP contribution is 2.39. The summed E-state index contributed by atoms with van der Waals surface area (Å²) < 4.78 is 10.6. The molecule has 2 atom stereocenters. The van der Waals surface area contributed by atoms with Gasteiger partial charge < -0.3 is 19.7 Å². The van der Waals surface area contributed by atoms with E-state index in [4.69, 9.17) is 32.7 Å². The van der Waals surface area contributed by atoms with E-state index in [2.05, 4.69) is 22.1 Å². The van der Waals surface area contributed by atoms with Gasteiger partial charge in [-0.05, 0) is 36.5 Å². The molecular formula is C21H30Cl2IN3O3. The molecule has 168 valence electrons. The summed E-state index contributed by atoms with van der Waals surface area (Å²) in [6, 6.07) is 5.71. The smallest absolute Gasteiger partial charge is 0.310 e. The number of guanidine groups is 1. The number of hydrogen-bond acceptors (Lipinski definition) is 4. The van der Waals surface area contributed by atoms with Crippen LogP contribution in [0.4, 0.5) is 0 Å². The number of benzene rings is 1. The number of methoxy groups -OCH3 is 1. The van der Waals surface area contributed by atoms with Gasteiger partial charge in [-0.15, -0.1) is 24.0 Å². The van der Waals surface area contributed by atoms with Crippen LogP contribution >= 0.6 is 47.2 Å². The molecule has 1 N–H and O–H groups in total. The number of nitrogens with one attached hydrogen (secondary N) is 1. The van der Waals surface area contributed by atoms with Crippen LogP contribution in [0.1, 0.15) is 25.3 Å². The lowest BCUT2D eigenvalue weighted by molar-refractivity contribution is -0.145. The highest BCUT2D eigenvalue weighted by atomic mass is 127. The lowest BCUT2D eigenvalue weighted by Gasteiger charge is -2.39. The summed E-state index contributed by atoms with van der Waals surface area (Å²) in [6.07, 6.45) is 1.72. The molecule has 0 saturated carbocycles. The molecule has 2 heterocycles. The van der Waals surface area contributed by atoms with Gasteiger partial charge in [-0.2, -0.15) is 0 Å². The molecular weight excluding hydrogens is 540 g/mol. The van der Waals surface area contributed by atoms with E-state index in [1.807, 2.05) is 12.1 Å². The maximum Gasteiger partial charge on any atom is 0.310 e. The third-order valence-corrected chi connectivity index (χ3v) is 6.71. The molecule has 2 aliphatic heterocycles. The molecule has 2 unspecified atom stereocenters. The number of halogens is 3. The van der Waals surface area contributed by atoms with E-state index >= 15 is 0 Å². The average molecular weight is 570 g/mol. The van der Waals surface area contributed by atoms with Gasteiger partial charge in [-0.3, -0.25) is 9.79 Å². The van der Waals surface area contributed by atoms with Crippen molar-refractivity contribution in [1.29, 1.82) is 0 Å². The second-order valence-electron chi connectivity index (χ2n) is 7.93. The molecule has 2 saturated heterocycles. The van der Waals surface area contributed by atoms with Gasteiger partial charge in [-0.1, -0.05) is 36.2 Å². The molecule has 6 nitrogen and oxygen atoms in total. The maximum absolute atomic E-state index is 12.0. The zero-order valence-electron chi connectivity index (χ0n) is 17.6. The molecule has 2 fully saturated rings. The van der Waals surface area contributed by atoms with Crippen LogP contribution in [-0.2, 0) is 19.7 Å². The molecule has 0 aromatic heterocycles. The summed E-state index contributed by atoms with van der Waals surface area (Å²) in [5.41, 5.74) is 0.917. The Morgan fingerprint density at radius 2 is 2.03 bits per heavy atom. The quantitative estimate of drug-likeness (QED) is 0.257. The normalized spacial score (nSPS) is 23.6. The van der Waals surface area contributed by atoms with Gasteiger partial charge in [0, 0.05) is 55.4 Å². The van der Waals surface area contributed by atoms with Crippen molar-refractivity contribution in [1.82, 2.24) is 10.2 Å². The van der Waals surface area contributed by atoms with Crippen molar-refractivity contribution in [3.05, 3.63) is 33.8 Å². The Kier molecular flexibility index (Phi) is 9.52. The van der Waals surface area contributed by atoms with E-state index in [1.165, 1.54) is 7.11 Å². The van der Waals surface area contributed by atoms with Crippen LogP contribution in [0.3, 0.4) is 0 Å². The van der Waals surface area contributed by atoms with Crippen LogP contribution in [0.25, 0.3) is 0 Å². The molecule has 30 heavy (non-hydrogen) atoms. The van der Waals surface area contributed by atoms with Crippen LogP contribution in [0, 0.1) is 11.8 Å². The highest BCUT2D eigenvalue weighted by molar-refractivity contribution is 14.0. The Hall–Kier alpha value is -0.770. The minimum atomic E-state index is -0.164. The molecule has 0 amide bonds. The van der Waals surface area contributed by atoms with Crippen molar-refractivity contribution in [3.63, 3.8) is 0 Å². The van der Waals surface area contributed by atoms with Crippen LogP contribution in [-0.4, -0.2) is 63.8 Å². The first-order chi connectivity index (χ1) is 13.9. The summed E-state index contributed by atoms with van der Waals surface area (Å²) in [5.74, 6) is 0.702. The van der Waals surface area contributed by atoms with Gasteiger partial charge in [-0.25, -0.2) is 0 Å². The number of rotatable bonds is 4. The standard InChI is InChI=1S/C21H29Cl2N3O3.HI/c1-14-11-26(12-16(14)19(27)28-3)20(24-2)25-13-21(6-8-29-9-7-21)17-5-4-15(22)10-18(17)23;/h4-5,10,14,16H,6-9,11-13H2,1-3H3,(H,24,25);1H. The Bertz CT molecular complexity index is 772. The Balaban J connectivity index is 0.00000320. The van der Waals surface area contributed by atoms with Crippen molar-refractivity contribution in [2.45, 2.75) is 25.2 Å². The van der Waals surface area contributed by atoms with Crippen molar-refractivity contribution >= 4 is 59.1 Å². The number of hydrogen-bond donors (Lipinski definition) is 1. The summed E-state index contributed by atoms with van der Waals surface area (Å²) in [5, 5.41) is 4.84. The Labute approximate surface area is 205 Å². The predicted molar refractivity (Wildman–Crippen MR) is 131 cm³/mol. The summed E-state index contributed by atoms with van der Waals surface area (Å²) in [7, 11) is 3.21. The molecule has 0 bridgehead atoms. The average Bonchev–Trinajstić information content (AvgIpc) is 3.10. The molecule has 1 aromatic carbocycles. The van der Waals surface area contributed by atoms with E-state index in [-0.39, 0.29) is 47.2 Å². The lowest BCUT2D eigenvalue weighted by Crippen LogP contribution is -2.49. The number of aliphatic imine (C=N–C) groups is 1. The first kappa shape index (κ1) is 25.5. The number of likely N-dealkylation sites (tertiary alicyclic amines) is 1. The molecule has 1 aromatic rings. The van der Waals surface area contributed by atoms with Gasteiger partial charge in [0.15, 0.2) is 5.96 Å². The molecule has 0 spiro atoms. The number of carbonyl (C=O) groups is 1. The van der Waals surface area contributed by atoms with E-state index < -0.39 is 0 Å². The van der Waals surface area contributed by atoms with Crippen molar-refractivity contribution in [2.75, 3.05) is 47.0 Å². The minimum Gasteiger partial charge on any atom is -0.469 e. The van der Waals surface area contributed by atoms with E-state index in [0.717, 1.165) is 30.9 Å². The van der Waals surface area contributed by atoms with Crippen LogP contribution in [0.5, 0.6) is 0 Å². The molecule has 0 radical (unpaired) electrons. The second kappa shape index (κ2) is 11.2. The topological polar surface area (TPSA) is 63.2 Å². The monoisotopic (exact) mass is 569 g/mol. The number of esters is 1. The summed E-state index contributed by atoms with van der Waals surface area (Å²) in [4.78, 5) is 18.6. The number of carbonyl (C=O) groups excluding carboxylic acids is 1. The van der Waals surface area contributed by atoms with Gasteiger partial charge in [0.2, 0.25) is 0 Å². The fourth-order valence-corrected chi connectivity index (χ4v) is 5.01. The van der Waals surface area contributed by atoms with E-state index in [0.29, 0.717) is 36.3 Å². The minimum absolute atomic E-state index is 0. The lowest BCUT2D eigenvalue weighted by atomic mass is 9.74. The number of ether oxygens (including phenoxy) is 2. The second-order valence-corrected chi connectivity index (χ2v) is 8.77. The highest BCUT2D eigenvalue weighted by Gasteiger charge is 2.39. The zero-order valence-corrected chi connectivity index (χ0v) is 21.5. The largest absolute Gasteiger partial charge is 0.469 e. The first-order valence-corrected chi connectivity index (χ1v) is 10.7. The van der Waals surface area contributed by atoms with Crippen LogP contribution < -0.4 is 5.32 Å². The van der Waals surface area contributed by atoms with Gasteiger partial charge in [0.05, 0.1) is 13.0 Å². The third kappa shape index (κ3) is 5.53. The zero-order chi connectivity index (χ0) is 21.0. The number of nitrogens with zero attached hydrogens (tertiary/aromatic N) is 2. The SMILES string of the molecule is CN=C(NCC1(c2ccc(Cl)cc2Cl)CCOCC1)N1CC(C)C(C(=O)OC)C1.I. The van der Waals surface area contributed by atoms with Gasteiger partial charge in [0.1, 0.15) is 0 Å². The van der Waals surface area contributed by atoms with E-state index in [9.17, 15) is 4.79 Å². The maximum atomic E-state index is 12.0. The summed E-state index contributed by atoms with van der Waals surface area (Å²) in [6.45, 7) is 5.48. The van der Waals surface area contributed by atoms with E-state index in [1.54, 1.807) is 13.1 Å². The van der Waals surface area contributed by atoms with Crippen molar-refractivity contribution in [2.24, 2.45) is 16.8 Å². The predicted octanol–water partition coefficient (Wildman–Crippen LogP) is 3.98. The van der Waals surface area contributed by atoms with Gasteiger partial charge in [0.25, 0.3) is 0 Å². The fourth-order valence-electron chi connectivity index (χ4n) is 4.40. The Morgan fingerprint density at radius 1 is 1.33 bits per heavy atom. The summed E-state index contributed by atoms with van der Waals surface area (Å²) >= 11 is 12.7.